The van der Waals surface area contributed by atoms with Gasteiger partial charge in [-0.3, -0.25) is 0 Å². The van der Waals surface area contributed by atoms with Crippen LogP contribution in [-0.4, -0.2) is 23.3 Å². The second-order valence-corrected chi connectivity index (χ2v) is 4.74. The van der Waals surface area contributed by atoms with Crippen molar-refractivity contribution in [3.05, 3.63) is 29.0 Å². The number of hydrogen-bond acceptors (Lipinski definition) is 3. The molecule has 1 heterocycles. The maximum absolute atomic E-state index is 11.7. The van der Waals surface area contributed by atoms with Crippen molar-refractivity contribution in [2.24, 2.45) is 0 Å². The van der Waals surface area contributed by atoms with Crippen LogP contribution < -0.4 is 9.47 Å². The minimum Gasteiger partial charge on any atom is -0.623 e. The fourth-order valence-electron chi connectivity index (χ4n) is 1.32. The summed E-state index contributed by atoms with van der Waals surface area (Å²) in [5.74, 6) is 1.42. The normalized spacial score (nSPS) is 15.3. The number of hydroxylamine groups is 1. The summed E-state index contributed by atoms with van der Waals surface area (Å²) in [6.45, 7) is 5.84. The Balaban J connectivity index is 2.29. The van der Waals surface area contributed by atoms with Crippen LogP contribution in [0.4, 0.5) is 0 Å². The molecule has 0 saturated carbocycles. The molecule has 1 aromatic carbocycles. The third kappa shape index (κ3) is 2.10. The number of benzene rings is 1. The van der Waals surface area contributed by atoms with Crippen LogP contribution in [0.15, 0.2) is 18.2 Å². The molecule has 0 spiro atoms. The van der Waals surface area contributed by atoms with Gasteiger partial charge in [0, 0.05) is 26.3 Å². The van der Waals surface area contributed by atoms with Crippen molar-refractivity contribution < 1.29 is 14.2 Å². The summed E-state index contributed by atoms with van der Waals surface area (Å²) in [4.78, 5) is 0. The van der Waals surface area contributed by atoms with Gasteiger partial charge < -0.3 is 14.7 Å². The van der Waals surface area contributed by atoms with Gasteiger partial charge >= 0.3 is 0 Å². The molecule has 0 amide bonds. The summed E-state index contributed by atoms with van der Waals surface area (Å²) in [7, 11) is 0. The minimum atomic E-state index is -0.434. The van der Waals surface area contributed by atoms with E-state index in [4.69, 9.17) is 9.47 Å². The SMILES string of the molecule is CC(C)(C)[N+]([O-])=Cc1ccc2c(c1)OCO2. The van der Waals surface area contributed by atoms with E-state index in [0.29, 0.717) is 5.75 Å². The zero-order valence-electron chi connectivity index (χ0n) is 9.69. The largest absolute Gasteiger partial charge is 0.623 e. The Morgan fingerprint density at radius 2 is 1.94 bits per heavy atom. The Hall–Kier alpha value is -1.71. The van der Waals surface area contributed by atoms with Crippen LogP contribution >= 0.6 is 0 Å². The zero-order valence-corrected chi connectivity index (χ0v) is 9.69. The quantitative estimate of drug-likeness (QED) is 0.316. The number of hydrogen-bond donors (Lipinski definition) is 0. The van der Waals surface area contributed by atoms with Crippen molar-refractivity contribution in [1.82, 2.24) is 0 Å². The average Bonchev–Trinajstić information content (AvgIpc) is 2.63. The molecule has 1 aliphatic heterocycles. The maximum Gasteiger partial charge on any atom is 0.231 e. The first-order chi connectivity index (χ1) is 7.47. The Bertz CT molecular complexity index is 432. The van der Waals surface area contributed by atoms with E-state index in [1.54, 1.807) is 12.3 Å². The van der Waals surface area contributed by atoms with Crippen molar-refractivity contribution in [2.75, 3.05) is 6.79 Å². The highest BCUT2D eigenvalue weighted by Crippen LogP contribution is 2.32. The van der Waals surface area contributed by atoms with Crippen molar-refractivity contribution >= 4 is 6.21 Å². The topological polar surface area (TPSA) is 44.5 Å². The fourth-order valence-corrected chi connectivity index (χ4v) is 1.32. The molecule has 86 valence electrons. The molecular weight excluding hydrogens is 206 g/mol. The molecule has 1 aliphatic rings. The lowest BCUT2D eigenvalue weighted by atomic mass is 10.1. The van der Waals surface area contributed by atoms with E-state index in [-0.39, 0.29) is 6.79 Å². The Morgan fingerprint density at radius 1 is 1.25 bits per heavy atom. The Labute approximate surface area is 94.7 Å². The van der Waals surface area contributed by atoms with Gasteiger partial charge in [0.05, 0.1) is 0 Å². The predicted octanol–water partition coefficient (Wildman–Crippen LogP) is 2.14. The first-order valence-electron chi connectivity index (χ1n) is 5.18. The average molecular weight is 221 g/mol. The molecule has 2 rings (SSSR count). The van der Waals surface area contributed by atoms with Gasteiger partial charge in [0.25, 0.3) is 0 Å². The smallest absolute Gasteiger partial charge is 0.231 e. The number of fused-ring (bicyclic) bond motifs is 1. The molecule has 4 nitrogen and oxygen atoms in total. The Morgan fingerprint density at radius 3 is 2.62 bits per heavy atom. The molecule has 0 radical (unpaired) electrons. The molecule has 1 aromatic rings. The molecule has 0 aromatic heterocycles. The van der Waals surface area contributed by atoms with Gasteiger partial charge in [0.15, 0.2) is 23.3 Å². The molecule has 0 fully saturated rings. The van der Waals surface area contributed by atoms with Crippen LogP contribution in [0.3, 0.4) is 0 Å². The fraction of sp³-hybridized carbons (Fsp3) is 0.417. The van der Waals surface area contributed by atoms with Crippen molar-refractivity contribution in [1.29, 1.82) is 0 Å². The van der Waals surface area contributed by atoms with Crippen molar-refractivity contribution in [2.45, 2.75) is 26.3 Å². The summed E-state index contributed by atoms with van der Waals surface area (Å²) >= 11 is 0. The lowest BCUT2D eigenvalue weighted by Gasteiger charge is -2.18. The number of rotatable bonds is 1. The lowest BCUT2D eigenvalue weighted by molar-refractivity contribution is -0.530. The van der Waals surface area contributed by atoms with Gasteiger partial charge in [-0.25, -0.2) is 4.74 Å². The molecule has 0 N–H and O–H groups in total. The van der Waals surface area contributed by atoms with E-state index in [0.717, 1.165) is 16.1 Å². The highest BCUT2D eigenvalue weighted by Gasteiger charge is 2.19. The molecular formula is C12H15NO3. The molecule has 0 saturated heterocycles. The maximum atomic E-state index is 11.7. The molecule has 0 bridgehead atoms. The van der Waals surface area contributed by atoms with Gasteiger partial charge in [-0.2, -0.15) is 0 Å². The second-order valence-electron chi connectivity index (χ2n) is 4.74. The first kappa shape index (κ1) is 10.8. The lowest BCUT2D eigenvalue weighted by Crippen LogP contribution is -2.29. The van der Waals surface area contributed by atoms with Crippen LogP contribution in [0.1, 0.15) is 26.3 Å². The standard InChI is InChI=1S/C12H15NO3/c1-12(2,3)13(14)7-9-4-5-10-11(6-9)16-8-15-10/h4-7H,8H2,1-3H3. The molecule has 0 unspecified atom stereocenters. The Kier molecular flexibility index (Phi) is 2.50. The van der Waals surface area contributed by atoms with Crippen LogP contribution in [0, 0.1) is 5.21 Å². The summed E-state index contributed by atoms with van der Waals surface area (Å²) in [6.07, 6.45) is 1.56. The summed E-state index contributed by atoms with van der Waals surface area (Å²) in [5.41, 5.74) is 0.380. The van der Waals surface area contributed by atoms with E-state index >= 15 is 0 Å². The van der Waals surface area contributed by atoms with Gasteiger partial charge in [-0.1, -0.05) is 0 Å². The molecule has 0 aliphatic carbocycles. The van der Waals surface area contributed by atoms with Crippen LogP contribution in [0.25, 0.3) is 0 Å². The van der Waals surface area contributed by atoms with E-state index < -0.39 is 5.54 Å². The summed E-state index contributed by atoms with van der Waals surface area (Å²) in [5, 5.41) is 11.7. The molecule has 4 heteroatoms. The third-order valence-corrected chi connectivity index (χ3v) is 2.32. The monoisotopic (exact) mass is 221 g/mol. The van der Waals surface area contributed by atoms with Gasteiger partial charge in [0.2, 0.25) is 6.79 Å². The summed E-state index contributed by atoms with van der Waals surface area (Å²) < 4.78 is 11.4. The van der Waals surface area contributed by atoms with Crippen molar-refractivity contribution in [3.8, 4) is 11.5 Å². The highest BCUT2D eigenvalue weighted by molar-refractivity contribution is 5.77. The predicted molar refractivity (Wildman–Crippen MR) is 61.1 cm³/mol. The van der Waals surface area contributed by atoms with E-state index in [9.17, 15) is 5.21 Å². The zero-order chi connectivity index (χ0) is 11.8. The van der Waals surface area contributed by atoms with Gasteiger partial charge in [-0.15, -0.1) is 0 Å². The molecule has 16 heavy (non-hydrogen) atoms. The summed E-state index contributed by atoms with van der Waals surface area (Å²) in [6, 6.07) is 5.45. The van der Waals surface area contributed by atoms with E-state index in [1.165, 1.54) is 0 Å². The van der Waals surface area contributed by atoms with E-state index in [1.807, 2.05) is 32.9 Å². The second kappa shape index (κ2) is 3.70. The van der Waals surface area contributed by atoms with Crippen LogP contribution in [0.5, 0.6) is 11.5 Å². The van der Waals surface area contributed by atoms with Gasteiger partial charge in [-0.05, 0) is 18.2 Å². The highest BCUT2D eigenvalue weighted by atomic mass is 16.7. The van der Waals surface area contributed by atoms with Crippen LogP contribution in [0.2, 0.25) is 0 Å². The number of nitrogens with zero attached hydrogens (tertiary/aromatic N) is 1. The van der Waals surface area contributed by atoms with E-state index in [2.05, 4.69) is 0 Å². The van der Waals surface area contributed by atoms with Crippen LogP contribution in [-0.2, 0) is 0 Å². The number of ether oxygens (including phenoxy) is 2. The first-order valence-corrected chi connectivity index (χ1v) is 5.18. The van der Waals surface area contributed by atoms with Gasteiger partial charge in [0.1, 0.15) is 0 Å². The third-order valence-electron chi connectivity index (χ3n) is 2.32. The minimum absolute atomic E-state index is 0.249. The van der Waals surface area contributed by atoms with Crippen molar-refractivity contribution in [3.63, 3.8) is 0 Å². The molecule has 0 atom stereocenters.